The summed E-state index contributed by atoms with van der Waals surface area (Å²) in [7, 11) is 0. The zero-order chi connectivity index (χ0) is 14.4. The van der Waals surface area contributed by atoms with Crippen LogP contribution in [0.5, 0.6) is 0 Å². The monoisotopic (exact) mass is 280 g/mol. The van der Waals surface area contributed by atoms with Crippen molar-refractivity contribution in [3.63, 3.8) is 0 Å². The Labute approximate surface area is 124 Å². The van der Waals surface area contributed by atoms with E-state index >= 15 is 0 Å². The van der Waals surface area contributed by atoms with Crippen molar-refractivity contribution in [2.75, 3.05) is 19.6 Å². The van der Waals surface area contributed by atoms with Crippen LogP contribution in [0.4, 0.5) is 0 Å². The molecule has 3 aliphatic rings. The topological polar surface area (TPSA) is 24.5 Å². The molecule has 3 atom stereocenters. The molecule has 2 aliphatic heterocycles. The average molecular weight is 280 g/mol. The van der Waals surface area contributed by atoms with Crippen LogP contribution in [-0.4, -0.2) is 47.8 Å². The summed E-state index contributed by atoms with van der Waals surface area (Å²) in [4.78, 5) is 2.75. The number of ether oxygens (including phenoxy) is 1. The van der Waals surface area contributed by atoms with Crippen LogP contribution in [-0.2, 0) is 4.74 Å². The number of hydrogen-bond donors (Lipinski definition) is 1. The summed E-state index contributed by atoms with van der Waals surface area (Å²) in [5.74, 6) is 0.943. The van der Waals surface area contributed by atoms with Gasteiger partial charge < -0.3 is 10.1 Å². The van der Waals surface area contributed by atoms with Gasteiger partial charge in [0.2, 0.25) is 0 Å². The van der Waals surface area contributed by atoms with E-state index in [2.05, 4.69) is 37.9 Å². The predicted octanol–water partition coefficient (Wildman–Crippen LogP) is 2.80. The molecule has 0 amide bonds. The molecule has 1 N–H and O–H groups in total. The summed E-state index contributed by atoms with van der Waals surface area (Å²) >= 11 is 0. The molecule has 2 saturated heterocycles. The van der Waals surface area contributed by atoms with Crippen LogP contribution in [0, 0.1) is 5.92 Å². The molecule has 3 nitrogen and oxygen atoms in total. The fraction of sp³-hybridized carbons (Fsp3) is 1.00. The highest BCUT2D eigenvalue weighted by Gasteiger charge is 2.43. The van der Waals surface area contributed by atoms with Crippen LogP contribution in [0.1, 0.15) is 59.8 Å². The second-order valence-corrected chi connectivity index (χ2v) is 8.17. The van der Waals surface area contributed by atoms with Gasteiger partial charge in [0.15, 0.2) is 0 Å². The van der Waals surface area contributed by atoms with Crippen molar-refractivity contribution in [2.24, 2.45) is 5.92 Å². The minimum absolute atomic E-state index is 0.0990. The molecule has 3 rings (SSSR count). The number of piperazine rings is 1. The SMILES string of the molecule is CCC1(C)CN(CC2CCC(C)(C)O2)C(C2CC2)CN1. The standard InChI is InChI=1S/C17H32N2O/c1-5-17(4)12-19(15(10-18-17)13-6-7-13)11-14-8-9-16(2,3)20-14/h13-15,18H,5-12H2,1-4H3. The molecule has 3 fully saturated rings. The van der Waals surface area contributed by atoms with Crippen molar-refractivity contribution in [3.8, 4) is 0 Å². The Morgan fingerprint density at radius 3 is 2.50 bits per heavy atom. The Balaban J connectivity index is 1.64. The molecule has 2 heterocycles. The van der Waals surface area contributed by atoms with Gasteiger partial charge in [0.25, 0.3) is 0 Å². The van der Waals surface area contributed by atoms with Crippen molar-refractivity contribution >= 4 is 0 Å². The van der Waals surface area contributed by atoms with Crippen LogP contribution >= 0.6 is 0 Å². The van der Waals surface area contributed by atoms with Crippen molar-refractivity contribution in [1.82, 2.24) is 10.2 Å². The lowest BCUT2D eigenvalue weighted by atomic mass is 9.91. The maximum absolute atomic E-state index is 6.24. The molecular weight excluding hydrogens is 248 g/mol. The van der Waals surface area contributed by atoms with Gasteiger partial charge in [-0.25, -0.2) is 0 Å². The van der Waals surface area contributed by atoms with Crippen molar-refractivity contribution in [1.29, 1.82) is 0 Å². The molecule has 3 heteroatoms. The Hall–Kier alpha value is -0.120. The lowest BCUT2D eigenvalue weighted by molar-refractivity contribution is -0.0451. The normalized spacial score (nSPS) is 42.0. The van der Waals surface area contributed by atoms with Crippen molar-refractivity contribution in [3.05, 3.63) is 0 Å². The van der Waals surface area contributed by atoms with E-state index < -0.39 is 0 Å². The highest BCUT2D eigenvalue weighted by molar-refractivity contribution is 5.00. The van der Waals surface area contributed by atoms with Crippen molar-refractivity contribution < 1.29 is 4.74 Å². The Bertz CT molecular complexity index is 353. The van der Waals surface area contributed by atoms with Gasteiger partial charge in [-0.2, -0.15) is 0 Å². The van der Waals surface area contributed by atoms with Crippen LogP contribution in [0.2, 0.25) is 0 Å². The lowest BCUT2D eigenvalue weighted by Crippen LogP contribution is -2.64. The van der Waals surface area contributed by atoms with E-state index in [1.807, 2.05) is 0 Å². The summed E-state index contributed by atoms with van der Waals surface area (Å²) in [5.41, 5.74) is 0.390. The van der Waals surface area contributed by atoms with E-state index in [-0.39, 0.29) is 5.60 Å². The van der Waals surface area contributed by atoms with Crippen LogP contribution in [0.15, 0.2) is 0 Å². The molecule has 0 aromatic carbocycles. The van der Waals surface area contributed by atoms with E-state index in [0.717, 1.165) is 18.5 Å². The fourth-order valence-corrected chi connectivity index (χ4v) is 3.95. The summed E-state index contributed by atoms with van der Waals surface area (Å²) in [6.07, 6.45) is 6.97. The first-order chi connectivity index (χ1) is 9.41. The van der Waals surface area contributed by atoms with E-state index in [1.54, 1.807) is 0 Å². The summed E-state index contributed by atoms with van der Waals surface area (Å²) in [6, 6.07) is 0.752. The molecule has 0 aromatic heterocycles. The minimum Gasteiger partial charge on any atom is -0.371 e. The quantitative estimate of drug-likeness (QED) is 0.857. The Morgan fingerprint density at radius 2 is 1.95 bits per heavy atom. The van der Waals surface area contributed by atoms with Crippen LogP contribution in [0.3, 0.4) is 0 Å². The molecule has 0 radical (unpaired) electrons. The third-order valence-corrected chi connectivity index (χ3v) is 5.70. The number of nitrogens with zero attached hydrogens (tertiary/aromatic N) is 1. The third-order valence-electron chi connectivity index (χ3n) is 5.70. The molecular formula is C17H32N2O. The van der Waals surface area contributed by atoms with E-state index in [0.29, 0.717) is 11.6 Å². The molecule has 116 valence electrons. The van der Waals surface area contributed by atoms with Crippen LogP contribution < -0.4 is 5.32 Å². The summed E-state index contributed by atoms with van der Waals surface area (Å²) in [5, 5.41) is 3.81. The van der Waals surface area contributed by atoms with E-state index in [9.17, 15) is 0 Å². The molecule has 0 aromatic rings. The molecule has 1 saturated carbocycles. The predicted molar refractivity (Wildman–Crippen MR) is 83.0 cm³/mol. The average Bonchev–Trinajstić information content (AvgIpc) is 3.15. The van der Waals surface area contributed by atoms with Gasteiger partial charge in [-0.1, -0.05) is 6.92 Å². The first-order valence-electron chi connectivity index (χ1n) is 8.58. The van der Waals surface area contributed by atoms with E-state index in [1.165, 1.54) is 45.2 Å². The summed E-state index contributed by atoms with van der Waals surface area (Å²) in [6.45, 7) is 12.6. The third kappa shape index (κ3) is 3.20. The zero-order valence-electron chi connectivity index (χ0n) is 13.7. The fourth-order valence-electron chi connectivity index (χ4n) is 3.95. The largest absolute Gasteiger partial charge is 0.371 e. The van der Waals surface area contributed by atoms with E-state index in [4.69, 9.17) is 4.74 Å². The molecule has 0 spiro atoms. The smallest absolute Gasteiger partial charge is 0.0710 e. The molecule has 1 aliphatic carbocycles. The number of hydrogen-bond acceptors (Lipinski definition) is 3. The summed E-state index contributed by atoms with van der Waals surface area (Å²) < 4.78 is 6.24. The van der Waals surface area contributed by atoms with Crippen molar-refractivity contribution in [2.45, 2.75) is 83.1 Å². The van der Waals surface area contributed by atoms with Gasteiger partial charge >= 0.3 is 0 Å². The maximum Gasteiger partial charge on any atom is 0.0710 e. The first-order valence-corrected chi connectivity index (χ1v) is 8.58. The van der Waals surface area contributed by atoms with Gasteiger partial charge in [0, 0.05) is 31.2 Å². The highest BCUT2D eigenvalue weighted by Crippen LogP contribution is 2.39. The second kappa shape index (κ2) is 5.26. The zero-order valence-corrected chi connectivity index (χ0v) is 13.7. The van der Waals surface area contributed by atoms with Gasteiger partial charge in [-0.15, -0.1) is 0 Å². The van der Waals surface area contributed by atoms with Crippen LogP contribution in [0.25, 0.3) is 0 Å². The lowest BCUT2D eigenvalue weighted by Gasteiger charge is -2.47. The highest BCUT2D eigenvalue weighted by atomic mass is 16.5. The van der Waals surface area contributed by atoms with Gasteiger partial charge in [-0.3, -0.25) is 4.90 Å². The van der Waals surface area contributed by atoms with Gasteiger partial charge in [-0.05, 0) is 58.8 Å². The maximum atomic E-state index is 6.24. The second-order valence-electron chi connectivity index (χ2n) is 8.17. The molecule has 3 unspecified atom stereocenters. The number of rotatable bonds is 4. The minimum atomic E-state index is 0.0990. The number of nitrogens with one attached hydrogen (secondary N) is 1. The van der Waals surface area contributed by atoms with Gasteiger partial charge in [0.1, 0.15) is 0 Å². The first kappa shape index (κ1) is 14.8. The van der Waals surface area contributed by atoms with Gasteiger partial charge in [0.05, 0.1) is 11.7 Å². The molecule has 0 bridgehead atoms. The Morgan fingerprint density at radius 1 is 1.20 bits per heavy atom. The molecule has 20 heavy (non-hydrogen) atoms. The Kier molecular flexibility index (Phi) is 3.89.